The number of hydrogen-bond donors (Lipinski definition) is 5. The van der Waals surface area contributed by atoms with Crippen LogP contribution in [0.5, 0.6) is 5.75 Å². The molecule has 2 aromatic rings. The van der Waals surface area contributed by atoms with Crippen LogP contribution in [-0.2, 0) is 20.8 Å². The number of amides is 3. The highest BCUT2D eigenvalue weighted by Crippen LogP contribution is 2.28. The second-order valence-corrected chi connectivity index (χ2v) is 10.0. The third kappa shape index (κ3) is 10.5. The number of rotatable bonds is 10. The minimum absolute atomic E-state index is 0.0230. The molecule has 234 valence electrons. The number of halogens is 1. The van der Waals surface area contributed by atoms with Crippen LogP contribution in [0.15, 0.2) is 41.4 Å². The maximum Gasteiger partial charge on any atom is 0.337 e. The smallest absolute Gasteiger partial charge is 0.337 e. The van der Waals surface area contributed by atoms with E-state index in [1.54, 1.807) is 31.2 Å². The molecular formula is C29H38ClN5O8. The summed E-state index contributed by atoms with van der Waals surface area (Å²) >= 11 is 6.19. The number of aromatic carboxylic acids is 1. The molecule has 0 saturated carbocycles. The quantitative estimate of drug-likeness (QED) is 0.192. The fourth-order valence-electron chi connectivity index (χ4n) is 4.34. The van der Waals surface area contributed by atoms with E-state index in [0.29, 0.717) is 35.2 Å². The Morgan fingerprint density at radius 2 is 1.88 bits per heavy atom. The zero-order valence-electron chi connectivity index (χ0n) is 24.6. The van der Waals surface area contributed by atoms with Crippen molar-refractivity contribution in [3.63, 3.8) is 0 Å². The Morgan fingerprint density at radius 1 is 1.19 bits per heavy atom. The minimum Gasteiger partial charge on any atom is -0.496 e. The Labute approximate surface area is 255 Å². The van der Waals surface area contributed by atoms with Crippen LogP contribution in [0.2, 0.25) is 5.02 Å². The molecule has 1 aliphatic rings. The van der Waals surface area contributed by atoms with E-state index >= 15 is 0 Å². The van der Waals surface area contributed by atoms with Crippen molar-refractivity contribution >= 4 is 47.0 Å². The molecule has 1 heterocycles. The van der Waals surface area contributed by atoms with Crippen LogP contribution >= 0.6 is 11.6 Å². The van der Waals surface area contributed by atoms with Crippen LogP contribution in [0.1, 0.15) is 61.1 Å². The summed E-state index contributed by atoms with van der Waals surface area (Å²) in [6.07, 6.45) is 1.51. The van der Waals surface area contributed by atoms with Crippen molar-refractivity contribution in [1.82, 2.24) is 15.7 Å². The molecule has 2 aromatic carbocycles. The van der Waals surface area contributed by atoms with Gasteiger partial charge in [-0.25, -0.2) is 9.59 Å². The molecule has 0 bridgehead atoms. The van der Waals surface area contributed by atoms with Gasteiger partial charge < -0.3 is 26.0 Å². The van der Waals surface area contributed by atoms with E-state index < -0.39 is 35.8 Å². The van der Waals surface area contributed by atoms with Crippen molar-refractivity contribution in [3.05, 3.63) is 58.1 Å². The second kappa shape index (κ2) is 16.9. The van der Waals surface area contributed by atoms with Gasteiger partial charge in [-0.15, -0.1) is 0 Å². The number of urea groups is 1. The van der Waals surface area contributed by atoms with Gasteiger partial charge in [-0.05, 0) is 61.2 Å². The third-order valence-electron chi connectivity index (χ3n) is 6.30. The summed E-state index contributed by atoms with van der Waals surface area (Å²) in [6, 6.07) is 8.59. The molecule has 2 atom stereocenters. The molecule has 1 aliphatic heterocycles. The summed E-state index contributed by atoms with van der Waals surface area (Å²) in [5.74, 6) is -2.14. The van der Waals surface area contributed by atoms with Gasteiger partial charge in [0.25, 0.3) is 5.97 Å². The number of anilines is 1. The molecule has 13 nitrogen and oxygen atoms in total. The minimum atomic E-state index is -1.14. The lowest BCUT2D eigenvalue weighted by molar-refractivity contribution is -0.134. The summed E-state index contributed by atoms with van der Waals surface area (Å²) in [4.78, 5) is 58.5. The van der Waals surface area contributed by atoms with Gasteiger partial charge in [-0.1, -0.05) is 31.0 Å². The molecule has 0 radical (unpaired) electrons. The number of hydrogen-bond acceptors (Lipinski definition) is 9. The average molecular weight is 620 g/mol. The Bertz CT molecular complexity index is 1330. The first-order valence-corrected chi connectivity index (χ1v) is 14.0. The number of aliphatic imine (C=N–C) groups is 1. The molecular weight excluding hydrogens is 582 g/mol. The summed E-state index contributed by atoms with van der Waals surface area (Å²) in [5, 5.41) is 20.1. The number of carboxylic acid groups (broad SMARTS) is 2. The van der Waals surface area contributed by atoms with Gasteiger partial charge in [-0.2, -0.15) is 0 Å². The summed E-state index contributed by atoms with van der Waals surface area (Å²) in [7, 11) is 1.54. The number of carboxylic acids is 2. The lowest BCUT2D eigenvalue weighted by Crippen LogP contribution is -2.50. The highest BCUT2D eigenvalue weighted by Gasteiger charge is 2.34. The highest BCUT2D eigenvalue weighted by molar-refractivity contribution is 6.30. The van der Waals surface area contributed by atoms with Crippen molar-refractivity contribution in [3.8, 4) is 5.75 Å². The number of carbonyl (C=O) groups excluding carboxylic acids is 2. The fourth-order valence-corrected chi connectivity index (χ4v) is 4.54. The third-order valence-corrected chi connectivity index (χ3v) is 6.53. The second-order valence-electron chi connectivity index (χ2n) is 9.57. The molecule has 1 unspecified atom stereocenters. The Kier molecular flexibility index (Phi) is 13.7. The number of benzene rings is 2. The van der Waals surface area contributed by atoms with Crippen LogP contribution < -0.4 is 21.3 Å². The lowest BCUT2D eigenvalue weighted by Gasteiger charge is -2.27. The number of nitrogens with one attached hydrogen (secondary N) is 2. The molecule has 0 spiro atoms. The number of amidine groups is 1. The number of aliphatic carboxylic acids is 1. The van der Waals surface area contributed by atoms with Gasteiger partial charge in [0, 0.05) is 17.6 Å². The fraction of sp³-hybridized carbons (Fsp3) is 0.414. The van der Waals surface area contributed by atoms with E-state index in [1.807, 2.05) is 6.92 Å². The number of hydroxylamine groups is 1. The zero-order chi connectivity index (χ0) is 32.1. The van der Waals surface area contributed by atoms with E-state index in [4.69, 9.17) is 36.8 Å². The number of nitrogens with zero attached hydrogens (tertiary/aromatic N) is 2. The number of methoxy groups -OCH3 is 1. The molecule has 14 heteroatoms. The maximum atomic E-state index is 13.7. The van der Waals surface area contributed by atoms with Crippen LogP contribution in [0, 0.1) is 5.92 Å². The van der Waals surface area contributed by atoms with Crippen molar-refractivity contribution in [2.45, 2.75) is 46.1 Å². The Hall–Kier alpha value is -4.36. The molecule has 6 N–H and O–H groups in total. The molecule has 0 fully saturated rings. The first-order chi connectivity index (χ1) is 20.4. The molecule has 0 saturated heterocycles. The van der Waals surface area contributed by atoms with Crippen LogP contribution in [0.3, 0.4) is 0 Å². The summed E-state index contributed by atoms with van der Waals surface area (Å²) in [5.41, 5.74) is 10.1. The van der Waals surface area contributed by atoms with Gasteiger partial charge >= 0.3 is 12.0 Å². The van der Waals surface area contributed by atoms with Gasteiger partial charge in [0.05, 0.1) is 44.3 Å². The van der Waals surface area contributed by atoms with Gasteiger partial charge in [0.1, 0.15) is 11.6 Å². The van der Waals surface area contributed by atoms with E-state index in [-0.39, 0.29) is 30.8 Å². The molecule has 0 aliphatic carbocycles. The predicted octanol–water partition coefficient (Wildman–Crippen LogP) is 3.91. The van der Waals surface area contributed by atoms with E-state index in [1.165, 1.54) is 19.2 Å². The number of imide groups is 1. The van der Waals surface area contributed by atoms with E-state index in [2.05, 4.69) is 15.8 Å². The molecule has 43 heavy (non-hydrogen) atoms. The largest absolute Gasteiger partial charge is 0.496 e. The van der Waals surface area contributed by atoms with Gasteiger partial charge in [-0.3, -0.25) is 29.8 Å². The topological polar surface area (TPSA) is 193 Å². The van der Waals surface area contributed by atoms with E-state index in [0.717, 1.165) is 23.8 Å². The maximum absolute atomic E-state index is 13.7. The first kappa shape index (κ1) is 34.8. The monoisotopic (exact) mass is 619 g/mol. The zero-order valence-corrected chi connectivity index (χ0v) is 25.3. The van der Waals surface area contributed by atoms with Crippen molar-refractivity contribution < 1.29 is 39.0 Å². The SMILES string of the molecule is CC(=O)O.CCCC(NC(=O)N1CC(NOCC)=NC[C@H](Cc2cc(Cl)ccc2OC)C1=O)c1ccc(C(=O)O)c(N)c1. The molecule has 3 amide bonds. The normalized spacial score (nSPS) is 15.3. The Balaban J connectivity index is 0.00000151. The summed E-state index contributed by atoms with van der Waals surface area (Å²) < 4.78 is 5.44. The van der Waals surface area contributed by atoms with Crippen LogP contribution in [-0.4, -0.2) is 71.6 Å². The van der Waals surface area contributed by atoms with Gasteiger partial charge in [0.2, 0.25) is 5.91 Å². The average Bonchev–Trinajstić information content (AvgIpc) is 3.09. The standard InChI is InChI=1S/C27H34ClN5O6.C2H4O2/c1-4-6-22(16-7-9-20(26(35)36)21(29)13-16)31-27(37)33-15-24(32-39-5-2)30-14-18(25(33)34)11-17-12-19(28)8-10-23(17)38-3;1-2(3)4/h7-10,12-13,18,22H,4-6,11,14-15,29H2,1-3H3,(H,30,32)(H,31,37)(H,35,36);1H3,(H,3,4)/t18-,22?;/m0./s1. The van der Waals surface area contributed by atoms with Crippen molar-refractivity contribution in [2.75, 3.05) is 32.5 Å². The predicted molar refractivity (Wildman–Crippen MR) is 161 cm³/mol. The first-order valence-electron chi connectivity index (χ1n) is 13.6. The lowest BCUT2D eigenvalue weighted by atomic mass is 9.97. The van der Waals surface area contributed by atoms with Crippen molar-refractivity contribution in [2.24, 2.45) is 10.9 Å². The molecule has 3 rings (SSSR count). The highest BCUT2D eigenvalue weighted by atomic mass is 35.5. The van der Waals surface area contributed by atoms with Crippen LogP contribution in [0.4, 0.5) is 10.5 Å². The number of nitrogen functional groups attached to an aromatic ring is 1. The van der Waals surface area contributed by atoms with Crippen molar-refractivity contribution in [1.29, 1.82) is 0 Å². The number of carbonyl (C=O) groups is 4. The molecule has 0 aromatic heterocycles. The Morgan fingerprint density at radius 3 is 2.47 bits per heavy atom. The van der Waals surface area contributed by atoms with Crippen LogP contribution in [0.25, 0.3) is 0 Å². The number of ether oxygens (including phenoxy) is 1. The van der Waals surface area contributed by atoms with E-state index in [9.17, 15) is 19.5 Å². The number of nitrogens with two attached hydrogens (primary N) is 1. The van der Waals surface area contributed by atoms with Gasteiger partial charge in [0.15, 0.2) is 0 Å². The summed E-state index contributed by atoms with van der Waals surface area (Å²) in [6.45, 7) is 5.20.